The molecule has 24 heavy (non-hydrogen) atoms. The summed E-state index contributed by atoms with van der Waals surface area (Å²) >= 11 is 0. The van der Waals surface area contributed by atoms with Crippen LogP contribution in [-0.2, 0) is 11.2 Å². The van der Waals surface area contributed by atoms with E-state index in [4.69, 9.17) is 0 Å². The lowest BCUT2D eigenvalue weighted by Gasteiger charge is -2.16. The summed E-state index contributed by atoms with van der Waals surface area (Å²) < 4.78 is 0. The van der Waals surface area contributed by atoms with E-state index >= 15 is 0 Å². The average Bonchev–Trinajstić information content (AvgIpc) is 3.07. The lowest BCUT2D eigenvalue weighted by Crippen LogP contribution is -2.43. The molecule has 6 heteroatoms. The zero-order chi connectivity index (χ0) is 16.3. The van der Waals surface area contributed by atoms with Gasteiger partial charge < -0.3 is 16.0 Å². The first-order valence-corrected chi connectivity index (χ1v) is 8.63. The molecule has 0 aromatic heterocycles. The summed E-state index contributed by atoms with van der Waals surface area (Å²) in [5, 5.41) is 9.54. The van der Waals surface area contributed by atoms with Crippen molar-refractivity contribution in [2.45, 2.75) is 45.1 Å². The van der Waals surface area contributed by atoms with Crippen LogP contribution < -0.4 is 16.0 Å². The SMILES string of the molecule is CCNC(=NCC(=O)NCCc1ccccc1)NC1CCCC1.I. The summed E-state index contributed by atoms with van der Waals surface area (Å²) in [6.07, 6.45) is 5.77. The second-order valence-electron chi connectivity index (χ2n) is 5.91. The molecule has 0 heterocycles. The zero-order valence-electron chi connectivity index (χ0n) is 14.4. The molecular weight excluding hydrogens is 415 g/mol. The number of rotatable bonds is 7. The molecule has 1 aliphatic carbocycles. The standard InChI is InChI=1S/C18H28N4O.HI/c1-2-19-18(22-16-10-6-7-11-16)21-14-17(23)20-13-12-15-8-4-3-5-9-15;/h3-5,8-9,16H,2,6-7,10-14H2,1H3,(H,20,23)(H2,19,21,22);1H. The van der Waals surface area contributed by atoms with Crippen LogP contribution in [-0.4, -0.2) is 37.5 Å². The van der Waals surface area contributed by atoms with E-state index in [1.165, 1.54) is 31.2 Å². The van der Waals surface area contributed by atoms with E-state index < -0.39 is 0 Å². The molecule has 3 N–H and O–H groups in total. The number of aliphatic imine (C=N–C) groups is 1. The lowest BCUT2D eigenvalue weighted by molar-refractivity contribution is -0.119. The Balaban J connectivity index is 0.00000288. The van der Waals surface area contributed by atoms with Crippen LogP contribution in [0.5, 0.6) is 0 Å². The van der Waals surface area contributed by atoms with Gasteiger partial charge in [-0.1, -0.05) is 43.2 Å². The predicted molar refractivity (Wildman–Crippen MR) is 110 cm³/mol. The Morgan fingerprint density at radius 2 is 1.88 bits per heavy atom. The molecule has 1 aromatic carbocycles. The molecule has 0 atom stereocenters. The Morgan fingerprint density at radius 3 is 2.54 bits per heavy atom. The summed E-state index contributed by atoms with van der Waals surface area (Å²) in [7, 11) is 0. The summed E-state index contributed by atoms with van der Waals surface area (Å²) in [5.41, 5.74) is 1.23. The van der Waals surface area contributed by atoms with E-state index in [2.05, 4.69) is 33.1 Å². The number of guanidine groups is 1. The molecule has 1 saturated carbocycles. The van der Waals surface area contributed by atoms with Crippen LogP contribution in [0, 0.1) is 0 Å². The summed E-state index contributed by atoms with van der Waals surface area (Å²) in [6.45, 7) is 3.64. The monoisotopic (exact) mass is 444 g/mol. The third-order valence-corrected chi connectivity index (χ3v) is 4.00. The molecule has 0 aliphatic heterocycles. The number of benzene rings is 1. The van der Waals surface area contributed by atoms with Crippen molar-refractivity contribution in [1.82, 2.24) is 16.0 Å². The fourth-order valence-electron chi connectivity index (χ4n) is 2.78. The first-order chi connectivity index (χ1) is 11.3. The highest BCUT2D eigenvalue weighted by Gasteiger charge is 2.15. The predicted octanol–water partition coefficient (Wildman–Crippen LogP) is 2.46. The van der Waals surface area contributed by atoms with Crippen LogP contribution in [0.15, 0.2) is 35.3 Å². The smallest absolute Gasteiger partial charge is 0.241 e. The quantitative estimate of drug-likeness (QED) is 0.344. The van der Waals surface area contributed by atoms with Crippen molar-refractivity contribution in [3.8, 4) is 0 Å². The van der Waals surface area contributed by atoms with E-state index in [1.807, 2.05) is 25.1 Å². The molecule has 0 unspecified atom stereocenters. The minimum atomic E-state index is -0.0374. The highest BCUT2D eigenvalue weighted by Crippen LogP contribution is 2.17. The Hall–Kier alpha value is -1.31. The van der Waals surface area contributed by atoms with Crippen molar-refractivity contribution in [3.63, 3.8) is 0 Å². The Morgan fingerprint density at radius 1 is 1.17 bits per heavy atom. The second-order valence-corrected chi connectivity index (χ2v) is 5.91. The van der Waals surface area contributed by atoms with Crippen LogP contribution in [0.2, 0.25) is 0 Å². The van der Waals surface area contributed by atoms with Crippen molar-refractivity contribution in [2.75, 3.05) is 19.6 Å². The largest absolute Gasteiger partial charge is 0.357 e. The van der Waals surface area contributed by atoms with Crippen molar-refractivity contribution < 1.29 is 4.79 Å². The van der Waals surface area contributed by atoms with Gasteiger partial charge in [0.15, 0.2) is 5.96 Å². The molecule has 5 nitrogen and oxygen atoms in total. The maximum absolute atomic E-state index is 11.9. The number of carbonyl (C=O) groups is 1. The van der Waals surface area contributed by atoms with Crippen molar-refractivity contribution in [1.29, 1.82) is 0 Å². The van der Waals surface area contributed by atoms with Gasteiger partial charge in [-0.05, 0) is 31.7 Å². The topological polar surface area (TPSA) is 65.5 Å². The van der Waals surface area contributed by atoms with Gasteiger partial charge >= 0.3 is 0 Å². The molecule has 1 fully saturated rings. The lowest BCUT2D eigenvalue weighted by atomic mass is 10.1. The van der Waals surface area contributed by atoms with Crippen LogP contribution in [0.1, 0.15) is 38.2 Å². The number of hydrogen-bond donors (Lipinski definition) is 3. The van der Waals surface area contributed by atoms with Gasteiger partial charge in [-0.3, -0.25) is 4.79 Å². The minimum Gasteiger partial charge on any atom is -0.357 e. The summed E-state index contributed by atoms with van der Waals surface area (Å²) in [6, 6.07) is 10.7. The van der Waals surface area contributed by atoms with Gasteiger partial charge in [-0.2, -0.15) is 0 Å². The summed E-state index contributed by atoms with van der Waals surface area (Å²) in [4.78, 5) is 16.3. The molecular formula is C18H29IN4O. The van der Waals surface area contributed by atoms with Gasteiger partial charge in [-0.15, -0.1) is 24.0 Å². The van der Waals surface area contributed by atoms with Gasteiger partial charge in [-0.25, -0.2) is 4.99 Å². The molecule has 1 aliphatic rings. The van der Waals surface area contributed by atoms with Gasteiger partial charge in [0, 0.05) is 19.1 Å². The molecule has 134 valence electrons. The minimum absolute atomic E-state index is 0. The van der Waals surface area contributed by atoms with Gasteiger partial charge in [0.25, 0.3) is 0 Å². The highest BCUT2D eigenvalue weighted by atomic mass is 127. The second kappa shape index (κ2) is 12.1. The van der Waals surface area contributed by atoms with Crippen molar-refractivity contribution in [3.05, 3.63) is 35.9 Å². The number of nitrogens with one attached hydrogen (secondary N) is 3. The molecule has 0 saturated heterocycles. The molecule has 1 amide bonds. The van der Waals surface area contributed by atoms with E-state index in [1.54, 1.807) is 0 Å². The Bertz CT molecular complexity index is 501. The fraction of sp³-hybridized carbons (Fsp3) is 0.556. The zero-order valence-corrected chi connectivity index (χ0v) is 16.7. The molecule has 2 rings (SSSR count). The highest BCUT2D eigenvalue weighted by molar-refractivity contribution is 14.0. The first-order valence-electron chi connectivity index (χ1n) is 8.63. The van der Waals surface area contributed by atoms with Crippen molar-refractivity contribution in [2.24, 2.45) is 4.99 Å². The van der Waals surface area contributed by atoms with E-state index in [0.717, 1.165) is 18.9 Å². The maximum Gasteiger partial charge on any atom is 0.241 e. The number of hydrogen-bond acceptors (Lipinski definition) is 2. The van der Waals surface area contributed by atoms with Crippen LogP contribution in [0.3, 0.4) is 0 Å². The van der Waals surface area contributed by atoms with Crippen LogP contribution >= 0.6 is 24.0 Å². The van der Waals surface area contributed by atoms with Crippen LogP contribution in [0.25, 0.3) is 0 Å². The van der Waals surface area contributed by atoms with Gasteiger partial charge in [0.2, 0.25) is 5.91 Å². The number of amides is 1. The Kier molecular flexibility index (Phi) is 10.5. The normalized spacial score (nSPS) is 14.8. The number of halogens is 1. The van der Waals surface area contributed by atoms with E-state index in [-0.39, 0.29) is 36.4 Å². The molecule has 0 bridgehead atoms. The van der Waals surface area contributed by atoms with Crippen molar-refractivity contribution >= 4 is 35.8 Å². The van der Waals surface area contributed by atoms with Gasteiger partial charge in [0.05, 0.1) is 0 Å². The maximum atomic E-state index is 11.9. The molecule has 0 radical (unpaired) electrons. The van der Waals surface area contributed by atoms with Gasteiger partial charge in [0.1, 0.15) is 6.54 Å². The van der Waals surface area contributed by atoms with E-state index in [9.17, 15) is 4.79 Å². The van der Waals surface area contributed by atoms with E-state index in [0.29, 0.717) is 12.6 Å². The third kappa shape index (κ3) is 7.99. The third-order valence-electron chi connectivity index (χ3n) is 4.00. The van der Waals surface area contributed by atoms with Crippen LogP contribution in [0.4, 0.5) is 0 Å². The number of nitrogens with zero attached hydrogens (tertiary/aromatic N) is 1. The average molecular weight is 444 g/mol. The number of carbonyl (C=O) groups excluding carboxylic acids is 1. The first kappa shape index (κ1) is 20.7. The summed E-state index contributed by atoms with van der Waals surface area (Å²) in [5.74, 6) is 0.710. The molecule has 0 spiro atoms. The molecule has 1 aromatic rings. The fourth-order valence-corrected chi connectivity index (χ4v) is 2.78. The Labute approximate surface area is 162 Å².